The van der Waals surface area contributed by atoms with E-state index in [4.69, 9.17) is 32.8 Å². The Bertz CT molecular complexity index is 1950. The second kappa shape index (κ2) is 26.5. The van der Waals surface area contributed by atoms with E-state index >= 15 is 0 Å². The van der Waals surface area contributed by atoms with Gasteiger partial charge < -0.3 is 49.1 Å². The number of aromatic amines is 2. The molecule has 7 rings (SSSR count). The first-order valence-corrected chi connectivity index (χ1v) is 19.7. The number of rotatable bonds is 7. The van der Waals surface area contributed by atoms with Crippen LogP contribution in [-0.2, 0) is 35.5 Å². The zero-order valence-electron chi connectivity index (χ0n) is 34.0. The molecule has 0 unspecified atom stereocenters. The molecule has 3 aliphatic rings. The molecule has 0 atom stereocenters. The Kier molecular flexibility index (Phi) is 23.1. The van der Waals surface area contributed by atoms with Gasteiger partial charge in [0.1, 0.15) is 5.69 Å². The Morgan fingerprint density at radius 1 is 0.847 bits per heavy atom. The predicted molar refractivity (Wildman–Crippen MR) is 226 cm³/mol. The molecule has 0 bridgehead atoms. The number of hydrogen-bond acceptors (Lipinski definition) is 8. The second-order valence-electron chi connectivity index (χ2n) is 13.3. The number of ketones is 1. The van der Waals surface area contributed by atoms with E-state index in [1.807, 2.05) is 13.8 Å². The van der Waals surface area contributed by atoms with E-state index in [0.29, 0.717) is 71.6 Å². The van der Waals surface area contributed by atoms with Crippen molar-refractivity contribution in [1.29, 1.82) is 0 Å². The fourth-order valence-electron chi connectivity index (χ4n) is 5.97. The van der Waals surface area contributed by atoms with Gasteiger partial charge in [-0.1, -0.05) is 49.2 Å². The van der Waals surface area contributed by atoms with E-state index in [9.17, 15) is 19.2 Å². The van der Waals surface area contributed by atoms with Crippen molar-refractivity contribution >= 4 is 81.4 Å². The minimum atomic E-state index is -0.364. The largest absolute Gasteiger partial charge is 2.00 e. The average molecular weight is 930 g/mol. The van der Waals surface area contributed by atoms with Gasteiger partial charge in [-0.2, -0.15) is 16.6 Å². The third kappa shape index (κ3) is 15.4. The Morgan fingerprint density at radius 2 is 1.31 bits per heavy atom. The average Bonchev–Trinajstić information content (AvgIpc) is 4.00. The minimum Gasteiger partial charge on any atom is -1.00 e. The Labute approximate surface area is 382 Å². The summed E-state index contributed by atoms with van der Waals surface area (Å²) >= 11 is 11.9. The van der Waals surface area contributed by atoms with E-state index in [2.05, 4.69) is 38.0 Å². The summed E-state index contributed by atoms with van der Waals surface area (Å²) in [5.41, 5.74) is 5.34. The molecule has 1 saturated heterocycles. The maximum atomic E-state index is 12.5. The van der Waals surface area contributed by atoms with Gasteiger partial charge in [0.05, 0.1) is 20.2 Å². The quantitative estimate of drug-likeness (QED) is 0.0902. The minimum absolute atomic E-state index is 0. The van der Waals surface area contributed by atoms with Crippen molar-refractivity contribution < 1.29 is 45.7 Å². The molecule has 4 N–H and O–H groups in total. The maximum absolute atomic E-state index is 12.5. The van der Waals surface area contributed by atoms with Gasteiger partial charge in [0.2, 0.25) is 0 Å². The number of nitrogens with zero attached hydrogens (tertiary/aromatic N) is 5. The van der Waals surface area contributed by atoms with Crippen LogP contribution >= 0.6 is 23.2 Å². The zero-order chi connectivity index (χ0) is 41.3. The standard InChI is InChI=1S/C17H19ClN4O2.C16H18ClN5O3.C4H8O.C3H7.BrH.Mg/c1-2-4-15(23)16-13-10-22(8-7-14(13)20-21-16)17(24)19-12-6-3-5-11(18)9-12;1-21(25-2)15(23)14-12-9-22(7-6-13(12)19-20-14)16(24)18-11-5-3-4-10(17)8-11;1-2-4-5-3-1;1-3-2;;/h3,5-6,9H,2,4,7-8,10H2,1H3,(H,19,24)(H,20,21);3-5,8H,6-7,9H2,1-2H3,(H,18,24)(H,19,20);1-4H2;1,3H2,2H3;1H;/q;;;-1;;+2/p-1. The van der Waals surface area contributed by atoms with Gasteiger partial charge in [-0.05, 0) is 55.7 Å². The molecule has 1 fully saturated rings. The number of Topliss-reactive ketones (excluding diaryl/α,β-unsaturated/α-hetero) is 1. The van der Waals surface area contributed by atoms with Gasteiger partial charge >= 0.3 is 35.1 Å². The molecule has 4 aromatic rings. The van der Waals surface area contributed by atoms with E-state index in [-0.39, 0.29) is 76.0 Å². The van der Waals surface area contributed by atoms with Gasteiger partial charge in [0.15, 0.2) is 11.5 Å². The predicted octanol–water partition coefficient (Wildman–Crippen LogP) is 4.57. The topological polar surface area (TPSA) is 178 Å². The first kappa shape index (κ1) is 51.4. The number of carbonyl (C=O) groups excluding carboxylic acids is 4. The van der Waals surface area contributed by atoms with Gasteiger partial charge in [0.25, 0.3) is 5.91 Å². The Morgan fingerprint density at radius 3 is 1.71 bits per heavy atom. The summed E-state index contributed by atoms with van der Waals surface area (Å²) in [7, 11) is 2.91. The molecular formula is C40H52BrCl2MgN9O6. The molecule has 2 aromatic heterocycles. The zero-order valence-corrected chi connectivity index (χ0v) is 38.6. The van der Waals surface area contributed by atoms with Gasteiger partial charge in [0, 0.05) is 96.5 Å². The van der Waals surface area contributed by atoms with Crippen molar-refractivity contribution in [3.63, 3.8) is 0 Å². The van der Waals surface area contributed by atoms with Crippen molar-refractivity contribution in [2.24, 2.45) is 0 Å². The number of ether oxygens (including phenoxy) is 1. The number of hydroxylamine groups is 2. The summed E-state index contributed by atoms with van der Waals surface area (Å²) in [6.45, 7) is 11.2. The maximum Gasteiger partial charge on any atom is 2.00 e. The van der Waals surface area contributed by atoms with Gasteiger partial charge in [-0.3, -0.25) is 24.6 Å². The molecule has 0 aliphatic carbocycles. The normalized spacial score (nSPS) is 13.5. The molecule has 316 valence electrons. The summed E-state index contributed by atoms with van der Waals surface area (Å²) in [4.78, 5) is 57.7. The molecule has 0 saturated carbocycles. The van der Waals surface area contributed by atoms with E-state index in [1.165, 1.54) is 27.0 Å². The monoisotopic (exact) mass is 927 g/mol. The Hall–Kier alpha value is -3.71. The number of halogens is 3. The van der Waals surface area contributed by atoms with Crippen LogP contribution in [0.25, 0.3) is 0 Å². The summed E-state index contributed by atoms with van der Waals surface area (Å²) in [5.74, 6) is -0.343. The molecule has 19 heteroatoms. The number of nitrogens with one attached hydrogen (secondary N) is 4. The molecule has 0 spiro atoms. The van der Waals surface area contributed by atoms with Gasteiger partial charge in [-0.25, -0.2) is 14.7 Å². The smallest absolute Gasteiger partial charge is 1.00 e. The van der Waals surface area contributed by atoms with Crippen LogP contribution in [0.15, 0.2) is 48.5 Å². The molecule has 5 amide bonds. The number of anilines is 2. The number of hydrogen-bond donors (Lipinski definition) is 4. The van der Waals surface area contributed by atoms with Gasteiger partial charge in [-0.15, -0.1) is 0 Å². The summed E-state index contributed by atoms with van der Waals surface area (Å²) in [6.07, 6.45) is 6.05. The third-order valence-electron chi connectivity index (χ3n) is 8.92. The fourth-order valence-corrected chi connectivity index (χ4v) is 6.35. The van der Waals surface area contributed by atoms with Crippen LogP contribution in [0, 0.1) is 6.92 Å². The van der Waals surface area contributed by atoms with E-state index in [0.717, 1.165) is 48.1 Å². The number of carbonyl (C=O) groups is 4. The fraction of sp³-hybridized carbons (Fsp3) is 0.425. The van der Waals surface area contributed by atoms with Crippen LogP contribution in [-0.4, -0.2) is 123 Å². The van der Waals surface area contributed by atoms with Crippen LogP contribution in [0.3, 0.4) is 0 Å². The first-order valence-electron chi connectivity index (χ1n) is 19.0. The van der Waals surface area contributed by atoms with E-state index in [1.54, 1.807) is 58.3 Å². The van der Waals surface area contributed by atoms with Crippen LogP contribution in [0.4, 0.5) is 21.0 Å². The molecule has 15 nitrogen and oxygen atoms in total. The van der Waals surface area contributed by atoms with Crippen LogP contribution in [0.1, 0.15) is 89.4 Å². The molecular weight excluding hydrogens is 878 g/mol. The summed E-state index contributed by atoms with van der Waals surface area (Å²) in [6, 6.07) is 13.5. The van der Waals surface area contributed by atoms with Crippen molar-refractivity contribution in [3.05, 3.63) is 99.4 Å². The number of H-pyrrole nitrogens is 2. The number of aromatic nitrogens is 4. The Balaban J connectivity index is 0.000000333. The van der Waals surface area contributed by atoms with Crippen LogP contribution in [0.5, 0.6) is 0 Å². The SMILES string of the molecule is C1CCOC1.CCCC(=O)c1n[nH]c2c1CN(C(=O)Nc1cccc(Cl)c1)CC2.CON(C)C(=O)c1n[nH]c2c1CN(C(=O)Nc1cccc(Cl)c1)CC2.[Br-].[CH2-]CC.[Mg+2]. The second-order valence-corrected chi connectivity index (χ2v) is 14.1. The molecule has 59 heavy (non-hydrogen) atoms. The molecule has 5 heterocycles. The van der Waals surface area contributed by atoms with Crippen molar-refractivity contribution in [2.45, 2.75) is 71.9 Å². The van der Waals surface area contributed by atoms with Crippen molar-refractivity contribution in [1.82, 2.24) is 35.3 Å². The number of urea groups is 2. The van der Waals surface area contributed by atoms with Crippen molar-refractivity contribution in [2.75, 3.05) is 51.1 Å². The van der Waals surface area contributed by atoms with Crippen LogP contribution in [0.2, 0.25) is 10.0 Å². The number of benzene rings is 2. The number of amides is 5. The van der Waals surface area contributed by atoms with Crippen LogP contribution < -0.4 is 27.6 Å². The molecule has 0 radical (unpaired) electrons. The molecule has 3 aliphatic heterocycles. The first-order chi connectivity index (χ1) is 27.5. The van der Waals surface area contributed by atoms with E-state index < -0.39 is 0 Å². The molecule has 2 aromatic carbocycles. The summed E-state index contributed by atoms with van der Waals surface area (Å²) < 4.78 is 4.94. The number of fused-ring (bicyclic) bond motifs is 2. The third-order valence-corrected chi connectivity index (χ3v) is 9.39. The summed E-state index contributed by atoms with van der Waals surface area (Å²) in [5, 5.41) is 21.9. The van der Waals surface area contributed by atoms with Crippen molar-refractivity contribution in [3.8, 4) is 0 Å².